The minimum Gasteiger partial charge on any atom is -0.369 e. The normalized spacial score (nSPS) is 17.6. The van der Waals surface area contributed by atoms with Crippen LogP contribution in [0.1, 0.15) is 48.0 Å². The Bertz CT molecular complexity index is 392. The smallest absolute Gasteiger partial charge is 0.248 e. The van der Waals surface area contributed by atoms with Crippen LogP contribution in [-0.2, 0) is 13.7 Å². The number of carbonyl (C=O) groups excluding carboxylic acids is 1. The molecule has 0 aromatic rings. The van der Waals surface area contributed by atoms with Crippen LogP contribution >= 0.6 is 12.0 Å². The summed E-state index contributed by atoms with van der Waals surface area (Å²) in [6.07, 6.45) is 3.12. The van der Waals surface area contributed by atoms with E-state index in [0.29, 0.717) is 0 Å². The summed E-state index contributed by atoms with van der Waals surface area (Å²) in [5.74, 6) is 0.106. The maximum absolute atomic E-state index is 12.2. The van der Waals surface area contributed by atoms with Crippen LogP contribution in [-0.4, -0.2) is 73.0 Å². The van der Waals surface area contributed by atoms with E-state index in [0.717, 1.165) is 39.2 Å². The van der Waals surface area contributed by atoms with Gasteiger partial charge in [0.25, 0.3) is 0 Å². The summed E-state index contributed by atoms with van der Waals surface area (Å²) in [7, 11) is 0. The van der Waals surface area contributed by atoms with E-state index >= 15 is 0 Å². The zero-order valence-electron chi connectivity index (χ0n) is 16.6. The van der Waals surface area contributed by atoms with Crippen LogP contribution < -0.4 is 0 Å². The lowest BCUT2D eigenvalue weighted by molar-refractivity contribution is -0.140. The van der Waals surface area contributed by atoms with Crippen LogP contribution in [0.5, 0.6) is 0 Å². The van der Waals surface area contributed by atoms with E-state index in [-0.39, 0.29) is 29.6 Å². The molecule has 0 bridgehead atoms. The van der Waals surface area contributed by atoms with Crippen LogP contribution in [0.2, 0.25) is 0 Å². The second-order valence-corrected chi connectivity index (χ2v) is 8.88. The number of hydrogen-bond acceptors (Lipinski definition) is 5. The minimum absolute atomic E-state index is 0.0921. The Morgan fingerprint density at radius 1 is 1.12 bits per heavy atom. The third kappa shape index (κ3) is 7.30. The SMILES string of the molecule is CSOCC(C)(C)CC(C)(C)N1CCN(C(=O)COC(C)C)CC1. The van der Waals surface area contributed by atoms with Crippen molar-refractivity contribution in [3.8, 4) is 0 Å². The summed E-state index contributed by atoms with van der Waals surface area (Å²) < 4.78 is 11.0. The monoisotopic (exact) mass is 360 g/mol. The molecule has 1 heterocycles. The Morgan fingerprint density at radius 2 is 1.71 bits per heavy atom. The van der Waals surface area contributed by atoms with Gasteiger partial charge in [-0.2, -0.15) is 0 Å². The van der Waals surface area contributed by atoms with Gasteiger partial charge >= 0.3 is 0 Å². The minimum atomic E-state index is 0.0921. The van der Waals surface area contributed by atoms with Crippen molar-refractivity contribution in [2.45, 2.75) is 59.6 Å². The van der Waals surface area contributed by atoms with Gasteiger partial charge in [0.2, 0.25) is 5.91 Å². The van der Waals surface area contributed by atoms with Crippen molar-refractivity contribution in [1.29, 1.82) is 0 Å². The quantitative estimate of drug-likeness (QED) is 0.591. The Kier molecular flexibility index (Phi) is 8.53. The lowest BCUT2D eigenvalue weighted by Crippen LogP contribution is -2.57. The number of piperazine rings is 1. The van der Waals surface area contributed by atoms with E-state index in [1.54, 1.807) is 0 Å². The molecule has 0 unspecified atom stereocenters. The molecule has 1 aliphatic heterocycles. The average Bonchev–Trinajstić information content (AvgIpc) is 2.49. The molecule has 0 radical (unpaired) electrons. The van der Waals surface area contributed by atoms with Crippen molar-refractivity contribution in [3.05, 3.63) is 0 Å². The van der Waals surface area contributed by atoms with Crippen LogP contribution in [0.25, 0.3) is 0 Å². The molecule has 1 saturated heterocycles. The zero-order chi connectivity index (χ0) is 18.4. The van der Waals surface area contributed by atoms with Crippen molar-refractivity contribution >= 4 is 17.9 Å². The van der Waals surface area contributed by atoms with Crippen LogP contribution in [0.3, 0.4) is 0 Å². The Balaban J connectivity index is 2.49. The Morgan fingerprint density at radius 3 is 2.21 bits per heavy atom. The Labute approximate surface area is 152 Å². The molecular weight excluding hydrogens is 324 g/mol. The number of amides is 1. The molecule has 0 spiro atoms. The molecule has 0 saturated carbocycles. The standard InChI is InChI=1S/C18H36N2O3S/c1-15(2)22-12-16(21)19-8-10-20(11-9-19)18(5,6)13-17(3,4)14-23-24-7/h15H,8-14H2,1-7H3. The first kappa shape index (κ1) is 21.7. The lowest BCUT2D eigenvalue weighted by atomic mass is 9.79. The average molecular weight is 361 g/mol. The van der Waals surface area contributed by atoms with Gasteiger partial charge in [-0.25, -0.2) is 0 Å². The second-order valence-electron chi connectivity index (χ2n) is 8.31. The first-order chi connectivity index (χ1) is 11.1. The van der Waals surface area contributed by atoms with E-state index in [4.69, 9.17) is 8.92 Å². The van der Waals surface area contributed by atoms with Crippen molar-refractivity contribution in [2.75, 3.05) is 45.6 Å². The molecule has 24 heavy (non-hydrogen) atoms. The van der Waals surface area contributed by atoms with Gasteiger partial charge in [0.1, 0.15) is 6.61 Å². The van der Waals surface area contributed by atoms with Crippen LogP contribution in [0.4, 0.5) is 0 Å². The van der Waals surface area contributed by atoms with Gasteiger partial charge in [0, 0.05) is 38.0 Å². The summed E-state index contributed by atoms with van der Waals surface area (Å²) in [4.78, 5) is 16.6. The van der Waals surface area contributed by atoms with Gasteiger partial charge in [0.05, 0.1) is 12.7 Å². The van der Waals surface area contributed by atoms with E-state index in [1.165, 1.54) is 12.0 Å². The second kappa shape index (κ2) is 9.41. The number of nitrogens with zero attached hydrogens (tertiary/aromatic N) is 2. The molecule has 6 heteroatoms. The summed E-state index contributed by atoms with van der Waals surface area (Å²) in [6.45, 7) is 17.4. The fourth-order valence-electron chi connectivity index (χ4n) is 3.44. The molecule has 1 rings (SSSR count). The number of rotatable bonds is 9. The maximum Gasteiger partial charge on any atom is 0.248 e. The molecule has 1 amide bonds. The first-order valence-electron chi connectivity index (χ1n) is 8.87. The Hall–Kier alpha value is -0.300. The molecule has 1 fully saturated rings. The van der Waals surface area contributed by atoms with Gasteiger partial charge in [-0.05, 0) is 51.6 Å². The summed E-state index contributed by atoms with van der Waals surface area (Å²) in [5, 5.41) is 0. The molecule has 1 aliphatic rings. The zero-order valence-corrected chi connectivity index (χ0v) is 17.4. The van der Waals surface area contributed by atoms with Crippen LogP contribution in [0, 0.1) is 5.41 Å². The van der Waals surface area contributed by atoms with E-state index in [2.05, 4.69) is 32.6 Å². The molecule has 0 aromatic carbocycles. The lowest BCUT2D eigenvalue weighted by Gasteiger charge is -2.47. The highest BCUT2D eigenvalue weighted by Crippen LogP contribution is 2.33. The predicted molar refractivity (Wildman–Crippen MR) is 101 cm³/mol. The molecule has 0 aliphatic carbocycles. The highest BCUT2D eigenvalue weighted by Gasteiger charge is 2.36. The van der Waals surface area contributed by atoms with Gasteiger partial charge in [0.15, 0.2) is 0 Å². The highest BCUT2D eigenvalue weighted by molar-refractivity contribution is 7.93. The van der Waals surface area contributed by atoms with E-state index < -0.39 is 0 Å². The molecular formula is C18H36N2O3S. The van der Waals surface area contributed by atoms with Crippen molar-refractivity contribution in [3.63, 3.8) is 0 Å². The first-order valence-corrected chi connectivity index (χ1v) is 10.0. The van der Waals surface area contributed by atoms with Gasteiger partial charge in [-0.3, -0.25) is 9.69 Å². The van der Waals surface area contributed by atoms with Gasteiger partial charge in [-0.15, -0.1) is 0 Å². The van der Waals surface area contributed by atoms with Gasteiger partial charge < -0.3 is 13.8 Å². The molecule has 0 N–H and O–H groups in total. The van der Waals surface area contributed by atoms with Crippen molar-refractivity contribution in [1.82, 2.24) is 9.80 Å². The van der Waals surface area contributed by atoms with Gasteiger partial charge in [-0.1, -0.05) is 13.8 Å². The fraction of sp³-hybridized carbons (Fsp3) is 0.944. The predicted octanol–water partition coefficient (Wildman–Crippen LogP) is 3.05. The van der Waals surface area contributed by atoms with Crippen molar-refractivity contribution < 1.29 is 13.7 Å². The highest BCUT2D eigenvalue weighted by atomic mass is 32.2. The molecule has 5 nitrogen and oxygen atoms in total. The fourth-order valence-corrected chi connectivity index (χ4v) is 3.88. The number of hydrogen-bond donors (Lipinski definition) is 0. The third-order valence-electron chi connectivity index (χ3n) is 4.51. The largest absolute Gasteiger partial charge is 0.369 e. The van der Waals surface area contributed by atoms with E-state index in [9.17, 15) is 4.79 Å². The van der Waals surface area contributed by atoms with E-state index in [1.807, 2.05) is 25.0 Å². The number of carbonyl (C=O) groups is 1. The summed E-state index contributed by atoms with van der Waals surface area (Å²) in [6, 6.07) is 0. The topological polar surface area (TPSA) is 42.0 Å². The van der Waals surface area contributed by atoms with Crippen molar-refractivity contribution in [2.24, 2.45) is 5.41 Å². The third-order valence-corrected chi connectivity index (χ3v) is 4.86. The van der Waals surface area contributed by atoms with Crippen LogP contribution in [0.15, 0.2) is 0 Å². The molecule has 142 valence electrons. The summed E-state index contributed by atoms with van der Waals surface area (Å²) >= 11 is 1.43. The maximum atomic E-state index is 12.2. The molecule has 0 atom stereocenters. The summed E-state index contributed by atoms with van der Waals surface area (Å²) in [5.41, 5.74) is 0.222. The number of ether oxygens (including phenoxy) is 1. The molecule has 0 aromatic heterocycles.